The monoisotopic (exact) mass is 492 g/mol. The number of nitrogens with two attached hydrogens (primary N) is 3. The van der Waals surface area contributed by atoms with Gasteiger partial charge in [-0.15, -0.1) is 0 Å². The third-order valence-electron chi connectivity index (χ3n) is 6.93. The smallest absolute Gasteiger partial charge is 0.253 e. The molecular formula is C27H33FN6O2. The van der Waals surface area contributed by atoms with Crippen LogP contribution >= 0.6 is 0 Å². The van der Waals surface area contributed by atoms with E-state index in [4.69, 9.17) is 17.2 Å². The first-order valence-corrected chi connectivity index (χ1v) is 12.2. The number of aliphatic imine (C=N–C) groups is 1. The van der Waals surface area contributed by atoms with Crippen LogP contribution < -0.4 is 22.5 Å². The largest absolute Gasteiger partial charge is 0.383 e. The number of nitrogens with one attached hydrogen (secondary N) is 1. The molecule has 0 spiro atoms. The molecule has 1 saturated heterocycles. The van der Waals surface area contributed by atoms with Crippen LogP contribution in [0.1, 0.15) is 24.8 Å². The van der Waals surface area contributed by atoms with Crippen molar-refractivity contribution in [2.24, 2.45) is 28.1 Å². The van der Waals surface area contributed by atoms with E-state index in [9.17, 15) is 9.59 Å². The van der Waals surface area contributed by atoms with Crippen molar-refractivity contribution in [3.63, 3.8) is 0 Å². The molecule has 2 aliphatic rings. The number of halogens is 1. The summed E-state index contributed by atoms with van der Waals surface area (Å²) in [6, 6.07) is 18.4. The van der Waals surface area contributed by atoms with Crippen LogP contribution in [-0.4, -0.2) is 53.9 Å². The van der Waals surface area contributed by atoms with E-state index in [1.54, 1.807) is 0 Å². The van der Waals surface area contributed by atoms with Crippen molar-refractivity contribution < 1.29 is 14.0 Å². The highest BCUT2D eigenvalue weighted by Gasteiger charge is 2.42. The number of amides is 2. The molecule has 1 aliphatic carbocycles. The summed E-state index contributed by atoms with van der Waals surface area (Å²) in [5.74, 6) is -1.64. The number of primary amides is 1. The van der Waals surface area contributed by atoms with Crippen LogP contribution in [0.5, 0.6) is 0 Å². The third kappa shape index (κ3) is 5.98. The van der Waals surface area contributed by atoms with Crippen LogP contribution in [0.25, 0.3) is 11.1 Å². The Morgan fingerprint density at radius 2 is 1.75 bits per heavy atom. The van der Waals surface area contributed by atoms with E-state index in [-0.39, 0.29) is 36.3 Å². The minimum absolute atomic E-state index is 0.00831. The number of likely N-dealkylation sites (tertiary alicyclic amines) is 1. The highest BCUT2D eigenvalue weighted by molar-refractivity contribution is 6.21. The van der Waals surface area contributed by atoms with Crippen molar-refractivity contribution >= 4 is 17.6 Å². The molecule has 1 aliphatic heterocycles. The molecule has 2 atom stereocenters. The molecule has 36 heavy (non-hydrogen) atoms. The molecule has 190 valence electrons. The summed E-state index contributed by atoms with van der Waals surface area (Å²) < 4.78 is 15.5. The first-order valence-electron chi connectivity index (χ1n) is 12.2. The van der Waals surface area contributed by atoms with E-state index < -0.39 is 17.6 Å². The van der Waals surface area contributed by atoms with E-state index in [1.165, 1.54) is 6.20 Å². The summed E-state index contributed by atoms with van der Waals surface area (Å²) in [4.78, 5) is 29.7. The molecule has 2 amide bonds. The molecule has 1 heterocycles. The minimum atomic E-state index is -1.31. The average molecular weight is 493 g/mol. The predicted molar refractivity (Wildman–Crippen MR) is 138 cm³/mol. The lowest BCUT2D eigenvalue weighted by atomic mass is 9.85. The Morgan fingerprint density at radius 3 is 2.33 bits per heavy atom. The summed E-state index contributed by atoms with van der Waals surface area (Å²) in [7, 11) is 0. The topological polar surface area (TPSA) is 140 Å². The highest BCUT2D eigenvalue weighted by Crippen LogP contribution is 2.30. The van der Waals surface area contributed by atoms with Gasteiger partial charge < -0.3 is 22.5 Å². The van der Waals surface area contributed by atoms with E-state index in [0.717, 1.165) is 29.5 Å². The maximum atomic E-state index is 15.5. The molecule has 0 unspecified atom stereocenters. The second kappa shape index (κ2) is 11.0. The number of hydrogen-bond donors (Lipinski definition) is 4. The molecule has 2 fully saturated rings. The van der Waals surface area contributed by atoms with Crippen LogP contribution in [0.2, 0.25) is 0 Å². The lowest BCUT2D eigenvalue weighted by Crippen LogP contribution is -2.63. The van der Waals surface area contributed by atoms with Gasteiger partial charge in [-0.3, -0.25) is 14.5 Å². The maximum Gasteiger partial charge on any atom is 0.253 e. The zero-order chi connectivity index (χ0) is 25.7. The molecule has 8 nitrogen and oxygen atoms in total. The van der Waals surface area contributed by atoms with Gasteiger partial charge in [0, 0.05) is 38.3 Å². The molecule has 0 aromatic heterocycles. The number of alkyl halides is 1. The van der Waals surface area contributed by atoms with Gasteiger partial charge in [-0.1, -0.05) is 54.6 Å². The molecule has 7 N–H and O–H groups in total. The van der Waals surface area contributed by atoms with Gasteiger partial charge in [0.2, 0.25) is 0 Å². The number of rotatable bonds is 9. The Kier molecular flexibility index (Phi) is 7.81. The van der Waals surface area contributed by atoms with Crippen LogP contribution in [0, 0.1) is 5.92 Å². The Balaban J connectivity index is 1.40. The van der Waals surface area contributed by atoms with E-state index >= 15 is 4.39 Å². The summed E-state index contributed by atoms with van der Waals surface area (Å²) in [5, 5.41) is 2.96. The van der Waals surface area contributed by atoms with Crippen molar-refractivity contribution in [3.05, 3.63) is 71.9 Å². The lowest BCUT2D eigenvalue weighted by Gasteiger charge is -2.44. The number of amidine groups is 1. The van der Waals surface area contributed by atoms with Crippen LogP contribution in [-0.2, 0) is 16.1 Å². The Hall–Kier alpha value is -3.56. The van der Waals surface area contributed by atoms with Crippen molar-refractivity contribution in [1.82, 2.24) is 10.2 Å². The Labute approximate surface area is 210 Å². The zero-order valence-electron chi connectivity index (χ0n) is 20.2. The van der Waals surface area contributed by atoms with E-state index in [2.05, 4.69) is 46.7 Å². The minimum Gasteiger partial charge on any atom is -0.383 e. The number of nitrogens with zero attached hydrogens (tertiary/aromatic N) is 2. The van der Waals surface area contributed by atoms with Crippen LogP contribution in [0.3, 0.4) is 0 Å². The number of piperidine rings is 1. The van der Waals surface area contributed by atoms with Gasteiger partial charge in [0.1, 0.15) is 12.0 Å². The SMILES string of the molecule is NC[C@@]1(N/C=C(/C(N)=O)C(N)=NC(=O)C2CC2)CCN(Cc2ccc(-c3ccccc3)cc2)C[C@@H]1F. The summed E-state index contributed by atoms with van der Waals surface area (Å²) in [5.41, 5.74) is 19.4. The first-order chi connectivity index (χ1) is 17.3. The highest BCUT2D eigenvalue weighted by atomic mass is 19.1. The van der Waals surface area contributed by atoms with E-state index in [1.807, 2.05) is 23.1 Å². The maximum absolute atomic E-state index is 15.5. The van der Waals surface area contributed by atoms with Crippen LogP contribution in [0.15, 0.2) is 71.4 Å². The quantitative estimate of drug-likeness (QED) is 0.239. The second-order valence-corrected chi connectivity index (χ2v) is 9.55. The van der Waals surface area contributed by atoms with Gasteiger partial charge in [0.15, 0.2) is 0 Å². The zero-order valence-corrected chi connectivity index (χ0v) is 20.2. The molecule has 2 aromatic rings. The summed E-state index contributed by atoms with van der Waals surface area (Å²) in [6.07, 6.45) is 1.87. The van der Waals surface area contributed by atoms with E-state index in [0.29, 0.717) is 19.5 Å². The van der Waals surface area contributed by atoms with Crippen molar-refractivity contribution in [1.29, 1.82) is 0 Å². The number of carbonyl (C=O) groups excluding carboxylic acids is 2. The summed E-state index contributed by atoms with van der Waals surface area (Å²) in [6.45, 7) is 1.40. The fourth-order valence-corrected chi connectivity index (χ4v) is 4.38. The predicted octanol–water partition coefficient (Wildman–Crippen LogP) is 1.85. The van der Waals surface area contributed by atoms with Gasteiger partial charge in [0.25, 0.3) is 11.8 Å². The van der Waals surface area contributed by atoms with Crippen molar-refractivity contribution in [3.8, 4) is 11.1 Å². The molecule has 0 bridgehead atoms. The van der Waals surface area contributed by atoms with Crippen molar-refractivity contribution in [2.45, 2.75) is 37.5 Å². The van der Waals surface area contributed by atoms with Gasteiger partial charge >= 0.3 is 0 Å². The average Bonchev–Trinajstić information content (AvgIpc) is 3.72. The molecule has 1 saturated carbocycles. The molecule has 9 heteroatoms. The molecule has 2 aromatic carbocycles. The van der Waals surface area contributed by atoms with Crippen molar-refractivity contribution in [2.75, 3.05) is 19.6 Å². The molecule has 4 rings (SSSR count). The van der Waals surface area contributed by atoms with Crippen LogP contribution in [0.4, 0.5) is 4.39 Å². The second-order valence-electron chi connectivity index (χ2n) is 9.55. The number of carbonyl (C=O) groups is 2. The molecule has 0 radical (unpaired) electrons. The fraction of sp³-hybridized carbons (Fsp3) is 0.370. The van der Waals surface area contributed by atoms with Gasteiger partial charge in [0.05, 0.1) is 11.1 Å². The Bertz CT molecular complexity index is 1150. The standard InChI is InChI=1S/C27H33FN6O2/c28-23-16-34(15-18-6-8-20(9-7-18)19-4-2-1-3-5-19)13-12-27(23,17-29)32-14-22(25(31)35)24(30)33-26(36)21-10-11-21/h1-9,14,21,23,32H,10-13,15-17,29H2,(H2,31,35)(H2,30,33,36)/b22-14+/t23-,27-/m0/s1. The van der Waals surface area contributed by atoms with Gasteiger partial charge in [-0.05, 0) is 36.0 Å². The lowest BCUT2D eigenvalue weighted by molar-refractivity contribution is -0.118. The van der Waals surface area contributed by atoms with Gasteiger partial charge in [-0.2, -0.15) is 4.99 Å². The molecular weight excluding hydrogens is 459 g/mol. The van der Waals surface area contributed by atoms with Gasteiger partial charge in [-0.25, -0.2) is 4.39 Å². The summed E-state index contributed by atoms with van der Waals surface area (Å²) >= 11 is 0. The normalized spacial score (nSPS) is 23.3. The third-order valence-corrected chi connectivity index (χ3v) is 6.93. The number of hydrogen-bond acceptors (Lipinski definition) is 5. The Morgan fingerprint density at radius 1 is 1.08 bits per heavy atom. The number of benzene rings is 2. The first kappa shape index (κ1) is 25.5. The fourth-order valence-electron chi connectivity index (χ4n) is 4.38.